The van der Waals surface area contributed by atoms with Gasteiger partial charge in [-0.1, -0.05) is 23.4 Å². The Balaban J connectivity index is 1.52. The molecule has 1 saturated heterocycles. The predicted molar refractivity (Wildman–Crippen MR) is 107 cm³/mol. The first-order valence-electron chi connectivity index (χ1n) is 8.67. The van der Waals surface area contributed by atoms with Crippen molar-refractivity contribution in [3.8, 4) is 5.75 Å². The van der Waals surface area contributed by atoms with Crippen LogP contribution in [-0.4, -0.2) is 64.3 Å². The Morgan fingerprint density at radius 1 is 1.43 bits per heavy atom. The van der Waals surface area contributed by atoms with Crippen molar-refractivity contribution >= 4 is 39.1 Å². The number of benzene rings is 1. The molecule has 1 aliphatic heterocycles. The minimum atomic E-state index is -3.04. The van der Waals surface area contributed by atoms with E-state index in [9.17, 15) is 13.2 Å². The Bertz CT molecular complexity index is 933. The van der Waals surface area contributed by atoms with Crippen molar-refractivity contribution in [2.75, 3.05) is 18.6 Å². The molecule has 3 rings (SSSR count). The van der Waals surface area contributed by atoms with E-state index in [1.165, 1.54) is 16.7 Å². The van der Waals surface area contributed by atoms with Gasteiger partial charge in [0.1, 0.15) is 12.4 Å². The summed E-state index contributed by atoms with van der Waals surface area (Å²) in [6.45, 7) is 1.96. The second-order valence-corrected chi connectivity index (χ2v) is 10.5. The van der Waals surface area contributed by atoms with Gasteiger partial charge in [-0.05, 0) is 37.6 Å². The van der Waals surface area contributed by atoms with Gasteiger partial charge in [-0.2, -0.15) is 0 Å². The fraction of sp³-hybridized carbons (Fsp3) is 0.471. The minimum Gasteiger partial charge on any atom is -0.486 e. The number of nitrogens with zero attached hydrogens (tertiary/aromatic N) is 3. The first kappa shape index (κ1) is 20.9. The molecule has 11 heteroatoms. The lowest BCUT2D eigenvalue weighted by Crippen LogP contribution is -2.41. The van der Waals surface area contributed by atoms with Crippen LogP contribution in [0.5, 0.6) is 5.75 Å². The van der Waals surface area contributed by atoms with Crippen LogP contribution in [0.15, 0.2) is 29.4 Å². The van der Waals surface area contributed by atoms with Crippen molar-refractivity contribution < 1.29 is 17.9 Å². The molecule has 152 valence electrons. The molecule has 0 unspecified atom stereocenters. The number of hydrogen-bond acceptors (Lipinski definition) is 7. The van der Waals surface area contributed by atoms with E-state index >= 15 is 0 Å². The number of carbonyl (C=O) groups excluding carboxylic acids is 1. The summed E-state index contributed by atoms with van der Waals surface area (Å²) < 4.78 is 28.9. The summed E-state index contributed by atoms with van der Waals surface area (Å²) in [4.78, 5) is 18.5. The van der Waals surface area contributed by atoms with Gasteiger partial charge in [0.05, 0.1) is 16.8 Å². The third kappa shape index (κ3) is 5.39. The lowest BCUT2D eigenvalue weighted by molar-refractivity contribution is -0.130. The van der Waals surface area contributed by atoms with Gasteiger partial charge in [-0.3, -0.25) is 9.89 Å². The molecule has 1 amide bonds. The second-order valence-electron chi connectivity index (χ2n) is 6.57. The summed E-state index contributed by atoms with van der Waals surface area (Å²) >= 11 is 7.05. The van der Waals surface area contributed by atoms with E-state index in [4.69, 9.17) is 16.3 Å². The van der Waals surface area contributed by atoms with Crippen molar-refractivity contribution in [1.29, 1.82) is 0 Å². The minimum absolute atomic E-state index is 0.0272. The molecule has 28 heavy (non-hydrogen) atoms. The van der Waals surface area contributed by atoms with Gasteiger partial charge in [-0.25, -0.2) is 13.4 Å². The summed E-state index contributed by atoms with van der Waals surface area (Å²) in [6.07, 6.45) is 0.481. The number of H-pyrrole nitrogens is 1. The van der Waals surface area contributed by atoms with Gasteiger partial charge in [0.15, 0.2) is 15.7 Å². The Labute approximate surface area is 172 Å². The molecular formula is C17H21ClN4O4S2. The smallest absolute Gasteiger partial charge is 0.235 e. The van der Waals surface area contributed by atoms with Crippen LogP contribution in [0.3, 0.4) is 0 Å². The van der Waals surface area contributed by atoms with Gasteiger partial charge in [0, 0.05) is 18.1 Å². The summed E-state index contributed by atoms with van der Waals surface area (Å²) in [5.74, 6) is 1.21. The molecule has 0 aliphatic carbocycles. The Morgan fingerprint density at radius 2 is 2.14 bits per heavy atom. The lowest BCUT2D eigenvalue weighted by atomic mass is 10.2. The van der Waals surface area contributed by atoms with Crippen molar-refractivity contribution in [3.63, 3.8) is 0 Å². The maximum Gasteiger partial charge on any atom is 0.235 e. The van der Waals surface area contributed by atoms with Crippen LogP contribution in [0.4, 0.5) is 0 Å². The van der Waals surface area contributed by atoms with E-state index in [0.717, 1.165) is 0 Å². The highest BCUT2D eigenvalue weighted by molar-refractivity contribution is 8.00. The number of amides is 1. The molecule has 1 aromatic carbocycles. The monoisotopic (exact) mass is 444 g/mol. The average molecular weight is 445 g/mol. The number of nitrogens with one attached hydrogen (secondary N) is 1. The third-order valence-corrected chi connectivity index (χ3v) is 7.39. The van der Waals surface area contributed by atoms with Crippen LogP contribution in [0.2, 0.25) is 5.02 Å². The molecular weight excluding hydrogens is 424 g/mol. The Kier molecular flexibility index (Phi) is 6.51. The number of hydrogen-bond donors (Lipinski definition) is 1. The topological polar surface area (TPSA) is 105 Å². The molecule has 2 aromatic rings. The highest BCUT2D eigenvalue weighted by Gasteiger charge is 2.34. The van der Waals surface area contributed by atoms with Crippen LogP contribution in [0.25, 0.3) is 0 Å². The van der Waals surface area contributed by atoms with Crippen LogP contribution in [0, 0.1) is 0 Å². The fourth-order valence-electron chi connectivity index (χ4n) is 2.83. The van der Waals surface area contributed by atoms with Crippen molar-refractivity contribution in [1.82, 2.24) is 20.1 Å². The number of thioether (sulfide) groups is 1. The zero-order chi connectivity index (χ0) is 20.3. The van der Waals surface area contributed by atoms with E-state index < -0.39 is 15.1 Å². The number of carbonyl (C=O) groups is 1. The molecule has 1 aromatic heterocycles. The van der Waals surface area contributed by atoms with Crippen molar-refractivity contribution in [2.45, 2.75) is 36.4 Å². The molecule has 8 nitrogen and oxygen atoms in total. The SMILES string of the molecule is C[C@@H](Sc1n[nH]c(COc2ccc(Cl)cc2)n1)C(=O)N(C)[C@H]1CCS(=O)(=O)C1. The van der Waals surface area contributed by atoms with Crippen LogP contribution >= 0.6 is 23.4 Å². The zero-order valence-electron chi connectivity index (χ0n) is 15.5. The normalized spacial score (nSPS) is 19.3. The number of sulfone groups is 1. The average Bonchev–Trinajstić information content (AvgIpc) is 3.25. The molecule has 0 radical (unpaired) electrons. The van der Waals surface area contributed by atoms with Gasteiger partial charge in [0.25, 0.3) is 0 Å². The maximum atomic E-state index is 12.6. The number of rotatable bonds is 7. The molecule has 0 bridgehead atoms. The van der Waals surface area contributed by atoms with Gasteiger partial charge in [-0.15, -0.1) is 5.10 Å². The number of aromatic amines is 1. The standard InChI is InChI=1S/C17H21ClN4O4S2/c1-11(16(23)22(2)13-7-8-28(24,25)10-13)27-17-19-15(20-21-17)9-26-14-5-3-12(18)4-6-14/h3-6,11,13H,7-10H2,1-2H3,(H,19,20,21)/t11-,13+/m1/s1. The molecule has 1 fully saturated rings. The third-order valence-electron chi connectivity index (χ3n) is 4.43. The highest BCUT2D eigenvalue weighted by Crippen LogP contribution is 2.24. The molecule has 1 N–H and O–H groups in total. The molecule has 1 aliphatic rings. The quantitative estimate of drug-likeness (QED) is 0.652. The summed E-state index contributed by atoms with van der Waals surface area (Å²) in [6, 6.07) is 6.72. The van der Waals surface area contributed by atoms with E-state index in [2.05, 4.69) is 15.2 Å². The molecule has 0 saturated carbocycles. The van der Waals surface area contributed by atoms with Gasteiger partial charge >= 0.3 is 0 Å². The number of aromatic nitrogens is 3. The largest absolute Gasteiger partial charge is 0.486 e. The van der Waals surface area contributed by atoms with E-state index in [0.29, 0.717) is 28.2 Å². The van der Waals surface area contributed by atoms with Crippen LogP contribution in [-0.2, 0) is 21.2 Å². The van der Waals surface area contributed by atoms with E-state index in [-0.39, 0.29) is 30.1 Å². The predicted octanol–water partition coefficient (Wildman–Crippen LogP) is 2.16. The lowest BCUT2D eigenvalue weighted by Gasteiger charge is -2.25. The fourth-order valence-corrected chi connectivity index (χ4v) is 5.58. The van der Waals surface area contributed by atoms with Crippen LogP contribution in [0.1, 0.15) is 19.2 Å². The summed E-state index contributed by atoms with van der Waals surface area (Å²) in [5, 5.41) is 7.52. The molecule has 2 heterocycles. The van der Waals surface area contributed by atoms with E-state index in [1.807, 2.05) is 0 Å². The first-order chi connectivity index (χ1) is 13.2. The summed E-state index contributed by atoms with van der Waals surface area (Å²) in [7, 11) is -1.39. The molecule has 2 atom stereocenters. The van der Waals surface area contributed by atoms with Gasteiger partial charge in [0.2, 0.25) is 11.1 Å². The Hall–Kier alpha value is -1.78. The van der Waals surface area contributed by atoms with Crippen molar-refractivity contribution in [2.24, 2.45) is 0 Å². The Morgan fingerprint density at radius 3 is 2.79 bits per heavy atom. The highest BCUT2D eigenvalue weighted by atomic mass is 35.5. The maximum absolute atomic E-state index is 12.6. The zero-order valence-corrected chi connectivity index (χ0v) is 17.9. The van der Waals surface area contributed by atoms with Crippen molar-refractivity contribution in [3.05, 3.63) is 35.1 Å². The molecule has 0 spiro atoms. The summed E-state index contributed by atoms with van der Waals surface area (Å²) in [5.41, 5.74) is 0. The second kappa shape index (κ2) is 8.71. The first-order valence-corrected chi connectivity index (χ1v) is 11.7. The number of ether oxygens (including phenoxy) is 1. The van der Waals surface area contributed by atoms with Crippen LogP contribution < -0.4 is 4.74 Å². The van der Waals surface area contributed by atoms with Gasteiger partial charge < -0.3 is 9.64 Å². The number of halogens is 1. The van der Waals surface area contributed by atoms with E-state index in [1.54, 1.807) is 38.2 Å².